The summed E-state index contributed by atoms with van der Waals surface area (Å²) in [5, 5.41) is 11.3. The molecule has 0 spiro atoms. The van der Waals surface area contributed by atoms with Gasteiger partial charge in [-0.1, -0.05) is 140 Å². The molecule has 0 amide bonds. The highest BCUT2D eigenvalue weighted by Crippen LogP contribution is 2.45. The molecule has 57 heavy (non-hydrogen) atoms. The molecule has 0 saturated heterocycles. The van der Waals surface area contributed by atoms with E-state index in [0.717, 1.165) is 28.4 Å². The molecular weight excluding hydrogens is 733 g/mol. The van der Waals surface area contributed by atoms with E-state index in [1.54, 1.807) is 0 Å². The van der Waals surface area contributed by atoms with Gasteiger partial charge in [0.05, 0.1) is 11.0 Å². The zero-order valence-electron chi connectivity index (χ0n) is 30.6. The number of aromatic nitrogens is 1. The number of nitrogens with zero attached hydrogens (tertiary/aromatic N) is 3. The van der Waals surface area contributed by atoms with Crippen molar-refractivity contribution in [3.05, 3.63) is 199 Å². The van der Waals surface area contributed by atoms with Gasteiger partial charge in [-0.05, 0) is 53.6 Å². The molecule has 1 unspecified atom stereocenters. The van der Waals surface area contributed by atoms with Gasteiger partial charge in [0.1, 0.15) is 12.0 Å². The number of nitrogens with one attached hydrogen (secondary N) is 1. The van der Waals surface area contributed by atoms with Crippen LogP contribution in [0.5, 0.6) is 0 Å². The fraction of sp³-hybridized carbons (Fsp3) is 0.0196. The number of hydrogen-bond donors (Lipinski definition) is 1. The molecule has 1 N–H and O–H groups in total. The highest BCUT2D eigenvalue weighted by Gasteiger charge is 2.24. The van der Waals surface area contributed by atoms with Crippen LogP contribution in [0.3, 0.4) is 0 Å². The van der Waals surface area contributed by atoms with Crippen molar-refractivity contribution < 1.29 is 0 Å². The third kappa shape index (κ3) is 5.18. The molecule has 268 valence electrons. The summed E-state index contributed by atoms with van der Waals surface area (Å²) in [6.07, 6.45) is -0.301. The second kappa shape index (κ2) is 12.8. The van der Waals surface area contributed by atoms with Crippen LogP contribution in [-0.2, 0) is 0 Å². The Morgan fingerprint density at radius 3 is 1.82 bits per heavy atom. The Morgan fingerprint density at radius 1 is 0.456 bits per heavy atom. The number of para-hydroxylation sites is 2. The summed E-state index contributed by atoms with van der Waals surface area (Å²) in [5.41, 5.74) is 9.29. The molecule has 0 aliphatic carbocycles. The third-order valence-electron chi connectivity index (χ3n) is 11.3. The van der Waals surface area contributed by atoms with Crippen LogP contribution in [0.4, 0.5) is 0 Å². The molecule has 1 atom stereocenters. The van der Waals surface area contributed by atoms with Crippen LogP contribution >= 0.6 is 22.7 Å². The molecule has 4 heterocycles. The summed E-state index contributed by atoms with van der Waals surface area (Å²) in [7, 11) is 0. The Labute approximate surface area is 336 Å². The summed E-state index contributed by atoms with van der Waals surface area (Å²) in [6, 6.07) is 65.4. The van der Waals surface area contributed by atoms with Gasteiger partial charge in [-0.25, -0.2) is 9.98 Å². The normalized spacial score (nSPS) is 14.5. The topological polar surface area (TPSA) is 41.7 Å². The van der Waals surface area contributed by atoms with Gasteiger partial charge < -0.3 is 9.88 Å². The highest BCUT2D eigenvalue weighted by atomic mass is 32.1. The molecule has 6 heteroatoms. The Bertz CT molecular complexity index is 3390. The lowest BCUT2D eigenvalue weighted by molar-refractivity contribution is 0.680. The average Bonchev–Trinajstić information content (AvgIpc) is 3.96. The third-order valence-corrected chi connectivity index (χ3v) is 13.7. The van der Waals surface area contributed by atoms with Crippen molar-refractivity contribution in [2.24, 2.45) is 9.98 Å². The summed E-state index contributed by atoms with van der Waals surface area (Å²) in [6.45, 7) is 0. The van der Waals surface area contributed by atoms with E-state index in [4.69, 9.17) is 9.98 Å². The highest BCUT2D eigenvalue weighted by molar-refractivity contribution is 7.26. The van der Waals surface area contributed by atoms with Crippen LogP contribution in [0, 0.1) is 0 Å². The van der Waals surface area contributed by atoms with E-state index in [9.17, 15) is 0 Å². The molecular formula is C51H32N4S2. The second-order valence-corrected chi connectivity index (χ2v) is 16.7. The predicted octanol–water partition coefficient (Wildman–Crippen LogP) is 13.7. The average molecular weight is 765 g/mol. The number of amidine groups is 2. The van der Waals surface area contributed by atoms with Crippen LogP contribution in [0.2, 0.25) is 0 Å². The predicted molar refractivity (Wildman–Crippen MR) is 244 cm³/mol. The van der Waals surface area contributed by atoms with Gasteiger partial charge >= 0.3 is 0 Å². The quantitative estimate of drug-likeness (QED) is 0.186. The number of aliphatic imine (C=N–C) groups is 2. The lowest BCUT2D eigenvalue weighted by Crippen LogP contribution is -2.33. The Morgan fingerprint density at radius 2 is 1.07 bits per heavy atom. The molecule has 0 radical (unpaired) electrons. The minimum Gasteiger partial charge on any atom is -0.344 e. The molecule has 8 aromatic carbocycles. The van der Waals surface area contributed by atoms with Gasteiger partial charge in [-0.3, -0.25) is 0 Å². The number of rotatable bonds is 5. The fourth-order valence-corrected chi connectivity index (χ4v) is 11.1. The molecule has 0 bridgehead atoms. The van der Waals surface area contributed by atoms with Crippen LogP contribution in [0.25, 0.3) is 79.0 Å². The van der Waals surface area contributed by atoms with Crippen molar-refractivity contribution in [3.63, 3.8) is 0 Å². The van der Waals surface area contributed by atoms with Crippen molar-refractivity contribution in [3.8, 4) is 16.8 Å². The van der Waals surface area contributed by atoms with Gasteiger partial charge in [0.25, 0.3) is 0 Å². The smallest absolute Gasteiger partial charge is 0.159 e. The zero-order valence-corrected chi connectivity index (χ0v) is 32.2. The van der Waals surface area contributed by atoms with Crippen molar-refractivity contribution in [1.82, 2.24) is 9.88 Å². The number of hydrogen-bond acceptors (Lipinski definition) is 5. The Balaban J connectivity index is 0.995. The van der Waals surface area contributed by atoms with E-state index >= 15 is 0 Å². The molecule has 12 rings (SSSR count). The van der Waals surface area contributed by atoms with E-state index < -0.39 is 0 Å². The Hall–Kier alpha value is -6.86. The second-order valence-electron chi connectivity index (χ2n) is 14.6. The molecule has 1 aliphatic rings. The van der Waals surface area contributed by atoms with E-state index in [1.807, 2.05) is 46.9 Å². The fourth-order valence-electron chi connectivity index (χ4n) is 8.63. The molecule has 3 aromatic heterocycles. The zero-order chi connectivity index (χ0) is 37.5. The summed E-state index contributed by atoms with van der Waals surface area (Å²) < 4.78 is 7.52. The lowest BCUT2D eigenvalue weighted by atomic mass is 10.00. The first kappa shape index (κ1) is 32.4. The van der Waals surface area contributed by atoms with Gasteiger partial charge in [0.15, 0.2) is 5.84 Å². The van der Waals surface area contributed by atoms with Crippen LogP contribution < -0.4 is 5.32 Å². The molecule has 11 aromatic rings. The van der Waals surface area contributed by atoms with Crippen molar-refractivity contribution in [2.45, 2.75) is 6.17 Å². The van der Waals surface area contributed by atoms with E-state index in [1.165, 1.54) is 79.0 Å². The Kier molecular flexibility index (Phi) is 7.30. The monoisotopic (exact) mass is 764 g/mol. The largest absolute Gasteiger partial charge is 0.344 e. The maximum atomic E-state index is 5.24. The minimum atomic E-state index is -0.301. The molecule has 0 saturated carbocycles. The van der Waals surface area contributed by atoms with Gasteiger partial charge in [0, 0.05) is 73.5 Å². The number of fused-ring (bicyclic) bond motifs is 9. The first-order valence-electron chi connectivity index (χ1n) is 19.2. The van der Waals surface area contributed by atoms with Crippen molar-refractivity contribution in [2.75, 3.05) is 0 Å². The van der Waals surface area contributed by atoms with Crippen LogP contribution in [-0.4, -0.2) is 16.2 Å². The van der Waals surface area contributed by atoms with E-state index in [0.29, 0.717) is 0 Å². The molecule has 0 fully saturated rings. The molecule has 1 aliphatic heterocycles. The van der Waals surface area contributed by atoms with Crippen molar-refractivity contribution >= 4 is 96.5 Å². The van der Waals surface area contributed by atoms with Crippen molar-refractivity contribution in [1.29, 1.82) is 0 Å². The van der Waals surface area contributed by atoms with Gasteiger partial charge in [-0.15, -0.1) is 22.7 Å². The summed E-state index contributed by atoms with van der Waals surface area (Å²) in [4.78, 5) is 10.3. The first-order chi connectivity index (χ1) is 28.2. The van der Waals surface area contributed by atoms with Crippen LogP contribution in [0.15, 0.2) is 192 Å². The lowest BCUT2D eigenvalue weighted by Gasteiger charge is -2.24. The number of benzene rings is 8. The maximum Gasteiger partial charge on any atom is 0.159 e. The molecule has 4 nitrogen and oxygen atoms in total. The van der Waals surface area contributed by atoms with Gasteiger partial charge in [0.2, 0.25) is 0 Å². The van der Waals surface area contributed by atoms with E-state index in [2.05, 4.69) is 168 Å². The summed E-state index contributed by atoms with van der Waals surface area (Å²) >= 11 is 3.73. The first-order valence-corrected chi connectivity index (χ1v) is 20.8. The summed E-state index contributed by atoms with van der Waals surface area (Å²) in [5.74, 6) is 1.56. The number of thiophene rings is 2. The van der Waals surface area contributed by atoms with Gasteiger partial charge in [-0.2, -0.15) is 0 Å². The standard InChI is InChI=1S/C51H32N4S2/c1-3-13-31(14-4-1)49-52-50(32-15-5-2-6-16-32)54-51(53-49)40-22-12-21-39-38-20-11-19-35(47(38)57-48(39)40)33-25-27-45-41(29-33)42-30-34(26-28-46(42)56-45)55-43-23-9-7-17-36(43)37-18-8-10-24-44(37)55/h1-30,51H,(H,52,53,54). The van der Waals surface area contributed by atoms with E-state index in [-0.39, 0.29) is 6.17 Å². The maximum absolute atomic E-state index is 5.24. The SMILES string of the molecule is c1ccc(C2=NC(c3cccc4c3sc3c(-c5ccc6sc7ccc(-n8c9ccccc9c9ccccc98)cc7c6c5)cccc34)NC(c3ccccc3)=N2)cc1. The minimum absolute atomic E-state index is 0.301. The van der Waals surface area contributed by atoms with Crippen LogP contribution in [0.1, 0.15) is 22.9 Å².